The lowest BCUT2D eigenvalue weighted by Gasteiger charge is -2.17. The van der Waals surface area contributed by atoms with Gasteiger partial charge in [0, 0.05) is 32.7 Å². The van der Waals surface area contributed by atoms with Gasteiger partial charge in [0.1, 0.15) is 0 Å². The minimum atomic E-state index is -0.212. The largest absolute Gasteiger partial charge is 0.383 e. The molecule has 2 unspecified atom stereocenters. The van der Waals surface area contributed by atoms with Crippen molar-refractivity contribution in [1.82, 2.24) is 4.90 Å². The standard InChI is InChI=1S/C17H24N2O2/c1-21-11-10-19-12-15(16(13-19)17(18)20)14-8-6-4-2-3-5-7-9-14/h2-4,6-9,15-16H,5,10-13H2,1H3,(H2,18,20)/b3-2-,6-4-,9-7?,14-8+. The number of ether oxygens (including phenoxy) is 1. The van der Waals surface area contributed by atoms with Crippen molar-refractivity contribution in [2.75, 3.05) is 33.4 Å². The summed E-state index contributed by atoms with van der Waals surface area (Å²) in [4.78, 5) is 14.0. The highest BCUT2D eigenvalue weighted by atomic mass is 16.5. The molecule has 0 saturated carbocycles. The van der Waals surface area contributed by atoms with E-state index in [2.05, 4.69) is 29.2 Å². The van der Waals surface area contributed by atoms with Crippen LogP contribution in [-0.2, 0) is 9.53 Å². The monoisotopic (exact) mass is 288 g/mol. The van der Waals surface area contributed by atoms with Crippen molar-refractivity contribution >= 4 is 5.91 Å². The summed E-state index contributed by atoms with van der Waals surface area (Å²) in [5.41, 5.74) is 6.79. The Morgan fingerprint density at radius 1 is 1.33 bits per heavy atom. The number of hydrogen-bond donors (Lipinski definition) is 1. The lowest BCUT2D eigenvalue weighted by Crippen LogP contribution is -2.31. The molecule has 1 amide bonds. The van der Waals surface area contributed by atoms with Gasteiger partial charge in [-0.3, -0.25) is 9.69 Å². The molecule has 1 fully saturated rings. The predicted octanol–water partition coefficient (Wildman–Crippen LogP) is 1.66. The van der Waals surface area contributed by atoms with Gasteiger partial charge in [-0.2, -0.15) is 0 Å². The topological polar surface area (TPSA) is 55.6 Å². The summed E-state index contributed by atoms with van der Waals surface area (Å²) in [6, 6.07) is 0. The highest BCUT2D eigenvalue weighted by Crippen LogP contribution is 2.30. The van der Waals surface area contributed by atoms with Gasteiger partial charge in [-0.15, -0.1) is 0 Å². The van der Waals surface area contributed by atoms with Crippen LogP contribution in [0.3, 0.4) is 0 Å². The minimum absolute atomic E-state index is 0.125. The molecule has 0 aromatic carbocycles. The fourth-order valence-corrected chi connectivity index (χ4v) is 2.89. The Morgan fingerprint density at radius 3 is 2.95 bits per heavy atom. The first kappa shape index (κ1) is 15.7. The first-order valence-electron chi connectivity index (χ1n) is 7.43. The molecule has 4 heteroatoms. The fraction of sp³-hybridized carbons (Fsp3) is 0.471. The molecule has 0 radical (unpaired) electrons. The Hall–Kier alpha value is -1.65. The maximum absolute atomic E-state index is 11.8. The van der Waals surface area contributed by atoms with Crippen LogP contribution in [-0.4, -0.2) is 44.2 Å². The number of methoxy groups -OCH3 is 1. The van der Waals surface area contributed by atoms with Crippen LogP contribution in [0.25, 0.3) is 0 Å². The van der Waals surface area contributed by atoms with Crippen molar-refractivity contribution in [2.24, 2.45) is 17.6 Å². The molecule has 0 aromatic rings. The number of nitrogens with two attached hydrogens (primary N) is 1. The Balaban J connectivity index is 2.14. The van der Waals surface area contributed by atoms with Crippen LogP contribution in [0.1, 0.15) is 6.42 Å². The lowest BCUT2D eigenvalue weighted by molar-refractivity contribution is -0.122. The molecule has 114 valence electrons. The molecule has 2 rings (SSSR count). The second-order valence-corrected chi connectivity index (χ2v) is 5.49. The summed E-state index contributed by atoms with van der Waals surface area (Å²) in [6.07, 6.45) is 15.4. The van der Waals surface area contributed by atoms with E-state index in [9.17, 15) is 4.79 Å². The van der Waals surface area contributed by atoms with Gasteiger partial charge < -0.3 is 10.5 Å². The van der Waals surface area contributed by atoms with E-state index in [4.69, 9.17) is 10.5 Å². The number of hydrogen-bond acceptors (Lipinski definition) is 3. The molecule has 1 saturated heterocycles. The van der Waals surface area contributed by atoms with Gasteiger partial charge >= 0.3 is 0 Å². The zero-order valence-electron chi connectivity index (χ0n) is 12.6. The third kappa shape index (κ3) is 4.41. The van der Waals surface area contributed by atoms with E-state index >= 15 is 0 Å². The van der Waals surface area contributed by atoms with Crippen LogP contribution in [0.4, 0.5) is 0 Å². The first-order valence-corrected chi connectivity index (χ1v) is 7.43. The Bertz CT molecular complexity index is 477. The highest BCUT2D eigenvalue weighted by Gasteiger charge is 2.37. The van der Waals surface area contributed by atoms with E-state index in [0.717, 1.165) is 26.1 Å². The van der Waals surface area contributed by atoms with Gasteiger partial charge in [0.15, 0.2) is 0 Å². The summed E-state index contributed by atoms with van der Waals surface area (Å²) >= 11 is 0. The third-order valence-corrected chi connectivity index (χ3v) is 4.03. The van der Waals surface area contributed by atoms with Crippen LogP contribution < -0.4 is 5.73 Å². The number of allylic oxidation sites excluding steroid dienone is 7. The summed E-state index contributed by atoms with van der Waals surface area (Å²) in [7, 11) is 1.69. The normalized spacial score (nSPS) is 31.8. The fourth-order valence-electron chi connectivity index (χ4n) is 2.89. The van der Waals surface area contributed by atoms with Crippen molar-refractivity contribution in [1.29, 1.82) is 0 Å². The van der Waals surface area contributed by atoms with Gasteiger partial charge in [-0.05, 0) is 12.0 Å². The molecule has 21 heavy (non-hydrogen) atoms. The number of primary amides is 1. The summed E-state index contributed by atoms with van der Waals surface area (Å²) in [6.45, 7) is 3.09. The van der Waals surface area contributed by atoms with Crippen LogP contribution >= 0.6 is 0 Å². The second kappa shape index (κ2) is 7.96. The van der Waals surface area contributed by atoms with Crippen molar-refractivity contribution < 1.29 is 9.53 Å². The third-order valence-electron chi connectivity index (χ3n) is 4.03. The van der Waals surface area contributed by atoms with E-state index in [-0.39, 0.29) is 17.7 Å². The summed E-state index contributed by atoms with van der Waals surface area (Å²) in [5.74, 6) is -0.172. The number of carbonyl (C=O) groups excluding carboxylic acids is 1. The molecule has 1 aliphatic carbocycles. The maximum atomic E-state index is 11.8. The number of nitrogens with zero attached hydrogens (tertiary/aromatic N) is 1. The van der Waals surface area contributed by atoms with Gasteiger partial charge in [0.2, 0.25) is 5.91 Å². The van der Waals surface area contributed by atoms with E-state index in [1.54, 1.807) is 7.11 Å². The van der Waals surface area contributed by atoms with Gasteiger partial charge in [-0.25, -0.2) is 0 Å². The molecule has 2 N–H and O–H groups in total. The smallest absolute Gasteiger partial charge is 0.222 e. The second-order valence-electron chi connectivity index (χ2n) is 5.49. The zero-order valence-corrected chi connectivity index (χ0v) is 12.6. The van der Waals surface area contributed by atoms with Crippen LogP contribution in [0.2, 0.25) is 0 Å². The van der Waals surface area contributed by atoms with Crippen molar-refractivity contribution in [3.05, 3.63) is 48.1 Å². The molecule has 4 nitrogen and oxygen atoms in total. The first-order chi connectivity index (χ1) is 10.2. The number of carbonyl (C=O) groups is 1. The molecule has 0 bridgehead atoms. The van der Waals surface area contributed by atoms with Crippen molar-refractivity contribution in [3.63, 3.8) is 0 Å². The number of amides is 1. The Morgan fingerprint density at radius 2 is 2.19 bits per heavy atom. The zero-order chi connectivity index (χ0) is 15.1. The molecule has 2 atom stereocenters. The van der Waals surface area contributed by atoms with Gasteiger partial charge in [-0.1, -0.05) is 42.5 Å². The average Bonchev–Trinajstić information content (AvgIpc) is 2.93. The van der Waals surface area contributed by atoms with E-state index in [0.29, 0.717) is 6.61 Å². The minimum Gasteiger partial charge on any atom is -0.383 e. The quantitative estimate of drug-likeness (QED) is 0.837. The summed E-state index contributed by atoms with van der Waals surface area (Å²) in [5, 5.41) is 0. The van der Waals surface area contributed by atoms with E-state index in [1.165, 1.54) is 5.57 Å². The molecule has 1 heterocycles. The SMILES string of the molecule is COCCN1CC(C(N)=O)C(/C2=C/C=C\C=C/CC=C2)C1. The van der Waals surface area contributed by atoms with Crippen molar-refractivity contribution in [2.45, 2.75) is 6.42 Å². The van der Waals surface area contributed by atoms with Gasteiger partial charge in [0.25, 0.3) is 0 Å². The lowest BCUT2D eigenvalue weighted by atomic mass is 9.87. The van der Waals surface area contributed by atoms with Crippen LogP contribution in [0.15, 0.2) is 48.1 Å². The van der Waals surface area contributed by atoms with Gasteiger partial charge in [0.05, 0.1) is 12.5 Å². The summed E-state index contributed by atoms with van der Waals surface area (Å²) < 4.78 is 5.13. The predicted molar refractivity (Wildman–Crippen MR) is 84.6 cm³/mol. The average molecular weight is 288 g/mol. The molecular weight excluding hydrogens is 264 g/mol. The number of rotatable bonds is 5. The van der Waals surface area contributed by atoms with Crippen LogP contribution in [0, 0.1) is 11.8 Å². The molecule has 2 aliphatic rings. The van der Waals surface area contributed by atoms with Crippen LogP contribution in [0.5, 0.6) is 0 Å². The van der Waals surface area contributed by atoms with E-state index in [1.807, 2.05) is 18.2 Å². The highest BCUT2D eigenvalue weighted by molar-refractivity contribution is 5.78. The molecule has 0 spiro atoms. The molecular formula is C17H24N2O2. The maximum Gasteiger partial charge on any atom is 0.222 e. The Kier molecular flexibility index (Phi) is 5.96. The van der Waals surface area contributed by atoms with Crippen molar-refractivity contribution in [3.8, 4) is 0 Å². The molecule has 1 aliphatic heterocycles. The molecule has 0 aromatic heterocycles. The Labute approximate surface area is 126 Å². The number of likely N-dealkylation sites (tertiary alicyclic amines) is 1. The van der Waals surface area contributed by atoms with E-state index < -0.39 is 0 Å².